The molecule has 1 aliphatic heterocycles. The van der Waals surface area contributed by atoms with Crippen LogP contribution >= 0.6 is 0 Å². The zero-order chi connectivity index (χ0) is 14.8. The summed E-state index contributed by atoms with van der Waals surface area (Å²) in [6, 6.07) is 4.79. The van der Waals surface area contributed by atoms with Crippen molar-refractivity contribution in [3.63, 3.8) is 0 Å². The molecule has 6 nitrogen and oxygen atoms in total. The summed E-state index contributed by atoms with van der Waals surface area (Å²) in [7, 11) is -3.72. The van der Waals surface area contributed by atoms with Gasteiger partial charge in [0.05, 0.1) is 4.90 Å². The minimum atomic E-state index is -3.72. The largest absolute Gasteiger partial charge is 0.399 e. The highest BCUT2D eigenvalue weighted by molar-refractivity contribution is 7.89. The van der Waals surface area contributed by atoms with Crippen molar-refractivity contribution in [1.82, 2.24) is 4.90 Å². The second kappa shape index (κ2) is 5.99. The van der Waals surface area contributed by atoms with Crippen LogP contribution in [0.5, 0.6) is 0 Å². The lowest BCUT2D eigenvalue weighted by atomic mass is 10.2. The first-order valence-electron chi connectivity index (χ1n) is 6.81. The number of anilines is 2. The van der Waals surface area contributed by atoms with Crippen molar-refractivity contribution >= 4 is 21.4 Å². The van der Waals surface area contributed by atoms with Crippen LogP contribution in [0.2, 0.25) is 0 Å². The summed E-state index contributed by atoms with van der Waals surface area (Å²) in [5.74, 6) is 0. The molecule has 0 aromatic heterocycles. The van der Waals surface area contributed by atoms with Crippen LogP contribution in [0.3, 0.4) is 0 Å². The lowest BCUT2D eigenvalue weighted by molar-refractivity contribution is 0.258. The van der Waals surface area contributed by atoms with Crippen molar-refractivity contribution in [3.05, 3.63) is 18.2 Å². The van der Waals surface area contributed by atoms with Crippen molar-refractivity contribution in [1.29, 1.82) is 0 Å². The van der Waals surface area contributed by atoms with E-state index in [1.165, 1.54) is 6.07 Å². The average Bonchev–Trinajstić information content (AvgIpc) is 2.38. The lowest BCUT2D eigenvalue weighted by Gasteiger charge is -2.36. The number of hydrogen-bond acceptors (Lipinski definition) is 5. The van der Waals surface area contributed by atoms with E-state index in [-0.39, 0.29) is 4.90 Å². The minimum absolute atomic E-state index is 0.0727. The first-order chi connectivity index (χ1) is 9.40. The van der Waals surface area contributed by atoms with Crippen LogP contribution in [0.4, 0.5) is 11.4 Å². The second-order valence-electron chi connectivity index (χ2n) is 5.13. The molecule has 112 valence electrons. The zero-order valence-electron chi connectivity index (χ0n) is 11.7. The molecule has 1 saturated heterocycles. The molecule has 2 rings (SSSR count). The van der Waals surface area contributed by atoms with Gasteiger partial charge in [0, 0.05) is 37.6 Å². The quantitative estimate of drug-likeness (QED) is 0.787. The van der Waals surface area contributed by atoms with Gasteiger partial charge in [-0.25, -0.2) is 13.6 Å². The Hall–Kier alpha value is -1.31. The van der Waals surface area contributed by atoms with E-state index in [0.29, 0.717) is 5.69 Å². The molecule has 1 fully saturated rings. The number of sulfonamides is 1. The molecular weight excluding hydrogens is 276 g/mol. The standard InChI is InChI=1S/C13H22N4O2S/c1-2-3-16-4-6-17(7-5-16)12-8-11(14)9-13(10-12)20(15,18)19/h8-10H,2-7,14H2,1H3,(H2,15,18,19). The number of nitrogens with zero attached hydrogens (tertiary/aromatic N) is 2. The third kappa shape index (κ3) is 3.62. The summed E-state index contributed by atoms with van der Waals surface area (Å²) in [6.45, 7) is 6.97. The molecule has 1 aromatic rings. The maximum atomic E-state index is 11.5. The van der Waals surface area contributed by atoms with Crippen molar-refractivity contribution in [2.75, 3.05) is 43.4 Å². The highest BCUT2D eigenvalue weighted by Gasteiger charge is 2.18. The number of primary sulfonamides is 1. The van der Waals surface area contributed by atoms with Gasteiger partial charge in [0.15, 0.2) is 0 Å². The summed E-state index contributed by atoms with van der Waals surface area (Å²) in [5, 5.41) is 5.18. The summed E-state index contributed by atoms with van der Waals surface area (Å²) >= 11 is 0. The van der Waals surface area contributed by atoms with E-state index in [2.05, 4.69) is 16.7 Å². The van der Waals surface area contributed by atoms with Crippen LogP contribution < -0.4 is 15.8 Å². The normalized spacial score (nSPS) is 17.4. The Morgan fingerprint density at radius 2 is 1.80 bits per heavy atom. The van der Waals surface area contributed by atoms with Gasteiger partial charge in [-0.15, -0.1) is 0 Å². The molecule has 1 aliphatic rings. The fourth-order valence-corrected chi connectivity index (χ4v) is 3.08. The van der Waals surface area contributed by atoms with Gasteiger partial charge in [0.1, 0.15) is 0 Å². The first-order valence-corrected chi connectivity index (χ1v) is 8.35. The van der Waals surface area contributed by atoms with E-state index in [0.717, 1.165) is 44.8 Å². The van der Waals surface area contributed by atoms with Crippen molar-refractivity contribution < 1.29 is 8.42 Å². The monoisotopic (exact) mass is 298 g/mol. The average molecular weight is 298 g/mol. The minimum Gasteiger partial charge on any atom is -0.399 e. The number of hydrogen-bond donors (Lipinski definition) is 2. The number of rotatable bonds is 4. The highest BCUT2D eigenvalue weighted by Crippen LogP contribution is 2.24. The SMILES string of the molecule is CCCN1CCN(c2cc(N)cc(S(N)(=O)=O)c2)CC1. The molecule has 0 unspecified atom stereocenters. The second-order valence-corrected chi connectivity index (χ2v) is 6.70. The van der Waals surface area contributed by atoms with E-state index in [9.17, 15) is 8.42 Å². The predicted octanol–water partition coefficient (Wildman–Crippen LogP) is 0.448. The first kappa shape index (κ1) is 15.1. The molecule has 0 amide bonds. The van der Waals surface area contributed by atoms with E-state index in [1.54, 1.807) is 12.1 Å². The molecule has 1 heterocycles. The van der Waals surface area contributed by atoms with Crippen molar-refractivity contribution in [2.45, 2.75) is 18.2 Å². The molecular formula is C13H22N4O2S. The summed E-state index contributed by atoms with van der Waals surface area (Å²) in [6.07, 6.45) is 1.15. The Kier molecular flexibility index (Phi) is 4.52. The van der Waals surface area contributed by atoms with Gasteiger partial charge in [0.25, 0.3) is 0 Å². The third-order valence-corrected chi connectivity index (χ3v) is 4.41. The Balaban J connectivity index is 2.16. The van der Waals surface area contributed by atoms with Crippen molar-refractivity contribution in [3.8, 4) is 0 Å². The number of nitrogens with two attached hydrogens (primary N) is 2. The van der Waals surface area contributed by atoms with E-state index >= 15 is 0 Å². The van der Waals surface area contributed by atoms with Gasteiger partial charge >= 0.3 is 0 Å². The summed E-state index contributed by atoms with van der Waals surface area (Å²) in [4.78, 5) is 4.63. The molecule has 0 radical (unpaired) electrons. The third-order valence-electron chi connectivity index (χ3n) is 3.52. The molecule has 0 bridgehead atoms. The van der Waals surface area contributed by atoms with E-state index in [4.69, 9.17) is 10.9 Å². The molecule has 1 aromatic carbocycles. The molecule has 0 atom stereocenters. The van der Waals surface area contributed by atoms with Crippen LogP contribution in [-0.2, 0) is 10.0 Å². The molecule has 7 heteroatoms. The zero-order valence-corrected chi connectivity index (χ0v) is 12.6. The Bertz CT molecular complexity index is 566. The fourth-order valence-electron chi connectivity index (χ4n) is 2.50. The predicted molar refractivity (Wildman–Crippen MR) is 81.2 cm³/mol. The molecule has 20 heavy (non-hydrogen) atoms. The Morgan fingerprint density at radius 3 is 2.35 bits per heavy atom. The smallest absolute Gasteiger partial charge is 0.238 e. The molecule has 4 N–H and O–H groups in total. The summed E-state index contributed by atoms with van der Waals surface area (Å²) in [5.41, 5.74) is 7.02. The van der Waals surface area contributed by atoms with Crippen LogP contribution in [0.1, 0.15) is 13.3 Å². The number of benzene rings is 1. The van der Waals surface area contributed by atoms with Gasteiger partial charge in [-0.3, -0.25) is 4.90 Å². The summed E-state index contributed by atoms with van der Waals surface area (Å²) < 4.78 is 22.9. The van der Waals surface area contributed by atoms with Crippen LogP contribution in [-0.4, -0.2) is 46.0 Å². The Labute approximate surface area is 120 Å². The topological polar surface area (TPSA) is 92.7 Å². The fraction of sp³-hybridized carbons (Fsp3) is 0.538. The lowest BCUT2D eigenvalue weighted by Crippen LogP contribution is -2.46. The van der Waals surface area contributed by atoms with Gasteiger partial charge in [-0.2, -0.15) is 0 Å². The van der Waals surface area contributed by atoms with Gasteiger partial charge < -0.3 is 10.6 Å². The number of nitrogen functional groups attached to an aromatic ring is 1. The van der Waals surface area contributed by atoms with Gasteiger partial charge in [-0.1, -0.05) is 6.92 Å². The molecule has 0 spiro atoms. The van der Waals surface area contributed by atoms with Crippen molar-refractivity contribution in [2.24, 2.45) is 5.14 Å². The molecule has 0 aliphatic carbocycles. The van der Waals surface area contributed by atoms with Gasteiger partial charge in [-0.05, 0) is 31.2 Å². The van der Waals surface area contributed by atoms with E-state index in [1.807, 2.05) is 0 Å². The van der Waals surface area contributed by atoms with Crippen LogP contribution in [0, 0.1) is 0 Å². The maximum Gasteiger partial charge on any atom is 0.238 e. The number of piperazine rings is 1. The van der Waals surface area contributed by atoms with Crippen LogP contribution in [0.25, 0.3) is 0 Å². The highest BCUT2D eigenvalue weighted by atomic mass is 32.2. The van der Waals surface area contributed by atoms with Gasteiger partial charge in [0.2, 0.25) is 10.0 Å². The van der Waals surface area contributed by atoms with E-state index < -0.39 is 10.0 Å². The van der Waals surface area contributed by atoms with Crippen LogP contribution in [0.15, 0.2) is 23.1 Å². The maximum absolute atomic E-state index is 11.5. The molecule has 0 saturated carbocycles. The Morgan fingerprint density at radius 1 is 1.15 bits per heavy atom.